The molecule has 2 N–H and O–H groups in total. The van der Waals surface area contributed by atoms with Crippen LogP contribution in [0.4, 0.5) is 5.69 Å². The number of methoxy groups -OCH3 is 1. The molecule has 0 bridgehead atoms. The topological polar surface area (TPSA) is 50.7 Å². The van der Waals surface area contributed by atoms with Crippen LogP contribution < -0.4 is 14.8 Å². The second kappa shape index (κ2) is 7.45. The summed E-state index contributed by atoms with van der Waals surface area (Å²) in [6.07, 6.45) is 4.29. The van der Waals surface area contributed by atoms with Gasteiger partial charge in [0.25, 0.3) is 0 Å². The van der Waals surface area contributed by atoms with Gasteiger partial charge >= 0.3 is 0 Å². The summed E-state index contributed by atoms with van der Waals surface area (Å²) in [6, 6.07) is 15.6. The van der Waals surface area contributed by atoms with E-state index in [2.05, 4.69) is 66.3 Å². The molecule has 0 aromatic heterocycles. The van der Waals surface area contributed by atoms with Crippen LogP contribution in [0.5, 0.6) is 17.2 Å². The SMILES string of the molecule is COc1c(O)ccc2c1-c1ccc3c(c1/C(=C/c1ccccc1Br)O2)C(C)=CC(C)(C)N3. The largest absolute Gasteiger partial charge is 0.504 e. The van der Waals surface area contributed by atoms with Crippen molar-refractivity contribution in [2.75, 3.05) is 12.4 Å². The quantitative estimate of drug-likeness (QED) is 0.395. The first-order chi connectivity index (χ1) is 15.3. The summed E-state index contributed by atoms with van der Waals surface area (Å²) < 4.78 is 13.1. The van der Waals surface area contributed by atoms with Crippen LogP contribution in [-0.4, -0.2) is 17.8 Å². The lowest BCUT2D eigenvalue weighted by atomic mass is 9.83. The van der Waals surface area contributed by atoms with Crippen LogP contribution in [0.1, 0.15) is 37.5 Å². The van der Waals surface area contributed by atoms with Crippen LogP contribution in [0.25, 0.3) is 28.5 Å². The summed E-state index contributed by atoms with van der Waals surface area (Å²) in [4.78, 5) is 0. The fourth-order valence-electron chi connectivity index (χ4n) is 4.68. The van der Waals surface area contributed by atoms with E-state index >= 15 is 0 Å². The summed E-state index contributed by atoms with van der Waals surface area (Å²) in [5.41, 5.74) is 6.88. The maximum Gasteiger partial charge on any atom is 0.172 e. The van der Waals surface area contributed by atoms with Gasteiger partial charge in [-0.15, -0.1) is 0 Å². The molecule has 32 heavy (non-hydrogen) atoms. The van der Waals surface area contributed by atoms with E-state index in [9.17, 15) is 5.11 Å². The van der Waals surface area contributed by atoms with E-state index in [-0.39, 0.29) is 11.3 Å². The molecule has 5 heteroatoms. The molecule has 4 nitrogen and oxygen atoms in total. The highest BCUT2D eigenvalue weighted by Crippen LogP contribution is 2.54. The van der Waals surface area contributed by atoms with Gasteiger partial charge in [-0.1, -0.05) is 46.3 Å². The Kier molecular flexibility index (Phi) is 4.82. The molecule has 3 aromatic carbocycles. The van der Waals surface area contributed by atoms with Gasteiger partial charge in [0.1, 0.15) is 11.5 Å². The van der Waals surface area contributed by atoms with Crippen LogP contribution >= 0.6 is 15.9 Å². The number of anilines is 1. The molecule has 3 aromatic rings. The number of aromatic hydroxyl groups is 1. The Balaban J connectivity index is 1.85. The maximum atomic E-state index is 10.5. The molecule has 0 radical (unpaired) electrons. The Hall–Kier alpha value is -3.18. The van der Waals surface area contributed by atoms with Crippen molar-refractivity contribution in [1.29, 1.82) is 0 Å². The molecular formula is C27H24BrNO3. The summed E-state index contributed by atoms with van der Waals surface area (Å²) in [5, 5.41) is 14.1. The van der Waals surface area contributed by atoms with Crippen molar-refractivity contribution in [3.8, 4) is 28.4 Å². The van der Waals surface area contributed by atoms with Crippen molar-refractivity contribution in [3.63, 3.8) is 0 Å². The van der Waals surface area contributed by atoms with Crippen molar-refractivity contribution >= 4 is 39.0 Å². The first-order valence-corrected chi connectivity index (χ1v) is 11.3. The third-order valence-corrected chi connectivity index (χ3v) is 6.59. The first-order valence-electron chi connectivity index (χ1n) is 10.5. The number of phenolic OH excluding ortho intramolecular Hbond substituents is 1. The average Bonchev–Trinajstić information content (AvgIpc) is 2.74. The molecule has 0 amide bonds. The molecule has 0 saturated heterocycles. The molecule has 0 unspecified atom stereocenters. The number of hydrogen-bond donors (Lipinski definition) is 2. The van der Waals surface area contributed by atoms with Gasteiger partial charge in [-0.25, -0.2) is 0 Å². The number of nitrogens with one attached hydrogen (secondary N) is 1. The fourth-order valence-corrected chi connectivity index (χ4v) is 5.08. The monoisotopic (exact) mass is 489 g/mol. The summed E-state index contributed by atoms with van der Waals surface area (Å²) in [6.45, 7) is 6.44. The zero-order valence-corrected chi connectivity index (χ0v) is 20.0. The molecule has 0 atom stereocenters. The predicted octanol–water partition coefficient (Wildman–Crippen LogP) is 7.33. The molecule has 5 rings (SSSR count). The maximum absolute atomic E-state index is 10.5. The Morgan fingerprint density at radius 2 is 1.81 bits per heavy atom. The van der Waals surface area contributed by atoms with Crippen molar-refractivity contribution < 1.29 is 14.6 Å². The number of phenols is 1. The van der Waals surface area contributed by atoms with Crippen molar-refractivity contribution in [1.82, 2.24) is 0 Å². The zero-order chi connectivity index (χ0) is 22.6. The van der Waals surface area contributed by atoms with Gasteiger partial charge < -0.3 is 19.9 Å². The minimum absolute atomic E-state index is 0.0864. The molecule has 0 saturated carbocycles. The van der Waals surface area contributed by atoms with Gasteiger partial charge in [0, 0.05) is 26.9 Å². The van der Waals surface area contributed by atoms with E-state index in [0.717, 1.165) is 43.7 Å². The molecule has 0 fully saturated rings. The number of halogens is 1. The van der Waals surface area contributed by atoms with Crippen molar-refractivity contribution in [2.24, 2.45) is 0 Å². The average molecular weight is 490 g/mol. The van der Waals surface area contributed by atoms with E-state index in [1.807, 2.05) is 24.3 Å². The zero-order valence-electron chi connectivity index (χ0n) is 18.4. The second-order valence-corrected chi connectivity index (χ2v) is 9.56. The summed E-state index contributed by atoms with van der Waals surface area (Å²) in [5.74, 6) is 1.90. The van der Waals surface area contributed by atoms with E-state index < -0.39 is 0 Å². The van der Waals surface area contributed by atoms with E-state index in [1.165, 1.54) is 5.57 Å². The lowest BCUT2D eigenvalue weighted by Gasteiger charge is -2.35. The smallest absolute Gasteiger partial charge is 0.172 e. The number of hydrogen-bond acceptors (Lipinski definition) is 4. The second-order valence-electron chi connectivity index (χ2n) is 8.71. The highest BCUT2D eigenvalue weighted by Gasteiger charge is 2.33. The van der Waals surface area contributed by atoms with Gasteiger partial charge in [0.2, 0.25) is 0 Å². The highest BCUT2D eigenvalue weighted by atomic mass is 79.9. The van der Waals surface area contributed by atoms with Crippen LogP contribution in [0.15, 0.2) is 59.1 Å². The third-order valence-electron chi connectivity index (χ3n) is 5.86. The standard InChI is InChI=1S/C27H24BrNO3/c1-15-14-27(2,3)29-19-10-9-17-24(23(15)19)22(13-16-7-5-6-8-18(16)28)32-21-12-11-20(30)26(31-4)25(17)21/h5-14,29-30H,1-4H3/b22-13-. The Morgan fingerprint density at radius 1 is 1.03 bits per heavy atom. The molecule has 2 aliphatic heterocycles. The van der Waals surface area contributed by atoms with Crippen molar-refractivity contribution in [3.05, 3.63) is 75.8 Å². The molecular weight excluding hydrogens is 466 g/mol. The third kappa shape index (κ3) is 3.28. The van der Waals surface area contributed by atoms with E-state index in [0.29, 0.717) is 11.5 Å². The molecule has 0 spiro atoms. The molecule has 2 heterocycles. The van der Waals surface area contributed by atoms with Crippen LogP contribution in [0.3, 0.4) is 0 Å². The van der Waals surface area contributed by atoms with E-state index in [1.54, 1.807) is 19.2 Å². The van der Waals surface area contributed by atoms with Gasteiger partial charge in [-0.2, -0.15) is 0 Å². The van der Waals surface area contributed by atoms with Gasteiger partial charge in [0.05, 0.1) is 18.2 Å². The van der Waals surface area contributed by atoms with Crippen molar-refractivity contribution in [2.45, 2.75) is 26.3 Å². The number of allylic oxidation sites excluding steroid dienone is 1. The molecule has 0 aliphatic carbocycles. The first kappa shape index (κ1) is 20.7. The Bertz CT molecular complexity index is 1320. The van der Waals surface area contributed by atoms with Gasteiger partial charge in [-0.05, 0) is 62.2 Å². The minimum Gasteiger partial charge on any atom is -0.504 e. The molecule has 2 aliphatic rings. The van der Waals surface area contributed by atoms with Gasteiger partial charge in [-0.3, -0.25) is 0 Å². The van der Waals surface area contributed by atoms with E-state index in [4.69, 9.17) is 9.47 Å². The fraction of sp³-hybridized carbons (Fsp3) is 0.185. The normalized spacial score (nSPS) is 16.8. The number of rotatable bonds is 2. The van der Waals surface area contributed by atoms with Gasteiger partial charge in [0.15, 0.2) is 11.5 Å². The predicted molar refractivity (Wildman–Crippen MR) is 134 cm³/mol. The Morgan fingerprint density at radius 3 is 2.56 bits per heavy atom. The number of fused-ring (bicyclic) bond motifs is 5. The summed E-state index contributed by atoms with van der Waals surface area (Å²) >= 11 is 3.65. The summed E-state index contributed by atoms with van der Waals surface area (Å²) in [7, 11) is 1.56. The lowest BCUT2D eigenvalue weighted by Crippen LogP contribution is -2.32. The number of benzene rings is 3. The molecule has 162 valence electrons. The van der Waals surface area contributed by atoms with Crippen LogP contribution in [0.2, 0.25) is 0 Å². The minimum atomic E-state index is -0.152. The Labute approximate surface area is 196 Å². The number of ether oxygens (including phenoxy) is 2. The highest BCUT2D eigenvalue weighted by molar-refractivity contribution is 9.10. The van der Waals surface area contributed by atoms with Crippen LogP contribution in [-0.2, 0) is 0 Å². The lowest BCUT2D eigenvalue weighted by molar-refractivity contribution is 0.371. The van der Waals surface area contributed by atoms with Crippen LogP contribution in [0, 0.1) is 0 Å².